The van der Waals surface area contributed by atoms with Crippen LogP contribution in [0.5, 0.6) is 0 Å². The third-order valence-electron chi connectivity index (χ3n) is 5.34. The molecule has 1 aliphatic heterocycles. The van der Waals surface area contributed by atoms with Crippen molar-refractivity contribution in [2.45, 2.75) is 38.2 Å². The zero-order chi connectivity index (χ0) is 19.0. The van der Waals surface area contributed by atoms with Crippen LogP contribution < -0.4 is 16.1 Å². The first-order chi connectivity index (χ1) is 13.1. The maximum Gasteiger partial charge on any atom is 0.270 e. The summed E-state index contributed by atoms with van der Waals surface area (Å²) in [6.45, 7) is 2.37. The number of rotatable bonds is 5. The number of aryl methyl sites for hydroxylation is 2. The lowest BCUT2D eigenvalue weighted by Gasteiger charge is -2.16. The van der Waals surface area contributed by atoms with Gasteiger partial charge in [-0.2, -0.15) is 5.48 Å². The number of carbonyl (C=O) groups excluding carboxylic acids is 1. The molecule has 0 radical (unpaired) electrons. The number of carbonyl (C=O) groups is 1. The van der Waals surface area contributed by atoms with Gasteiger partial charge < -0.3 is 14.6 Å². The van der Waals surface area contributed by atoms with E-state index >= 15 is 0 Å². The van der Waals surface area contributed by atoms with Gasteiger partial charge in [0, 0.05) is 14.2 Å². The molecule has 1 aromatic carbocycles. The van der Waals surface area contributed by atoms with Crippen molar-refractivity contribution in [3.05, 3.63) is 52.6 Å². The molecule has 0 spiro atoms. The van der Waals surface area contributed by atoms with Crippen LogP contribution in [-0.2, 0) is 23.0 Å². The minimum atomic E-state index is -0.164. The molecule has 2 aromatic rings. The van der Waals surface area contributed by atoms with Crippen LogP contribution in [0.4, 0.5) is 0 Å². The minimum Gasteiger partial charge on any atom is -0.380 e. The maximum atomic E-state index is 12.6. The van der Waals surface area contributed by atoms with Crippen LogP contribution in [0.2, 0.25) is 0 Å². The van der Waals surface area contributed by atoms with Gasteiger partial charge in [0.1, 0.15) is 17.7 Å². The van der Waals surface area contributed by atoms with Gasteiger partial charge in [0.2, 0.25) is 0 Å². The maximum absolute atomic E-state index is 12.6. The monoisotopic (exact) mass is 371 g/mol. The van der Waals surface area contributed by atoms with Gasteiger partial charge in [-0.25, -0.2) is 4.98 Å². The molecule has 2 aliphatic rings. The zero-order valence-corrected chi connectivity index (χ0v) is 15.8. The number of hydrogen-bond acceptors (Lipinski definition) is 6. The number of hydrogen-bond donors (Lipinski definition) is 3. The molecule has 4 rings (SSSR count). The molecule has 1 amide bonds. The Morgan fingerprint density at radius 3 is 3.07 bits per heavy atom. The van der Waals surface area contributed by atoms with Crippen LogP contribution in [0.1, 0.15) is 51.6 Å². The minimum absolute atomic E-state index is 0.0266. The van der Waals surface area contributed by atoms with Crippen molar-refractivity contribution < 1.29 is 14.4 Å². The first kappa shape index (κ1) is 18.1. The predicted molar refractivity (Wildman–Crippen MR) is 98.7 cm³/mol. The number of nitrogens with zero attached hydrogens (tertiary/aromatic N) is 2. The van der Waals surface area contributed by atoms with Crippen molar-refractivity contribution in [3.8, 4) is 0 Å². The van der Waals surface area contributed by atoms with E-state index in [0.717, 1.165) is 24.2 Å². The van der Waals surface area contributed by atoms with Crippen LogP contribution in [-0.4, -0.2) is 35.4 Å². The van der Waals surface area contributed by atoms with Crippen LogP contribution in [0.3, 0.4) is 0 Å². The predicted octanol–water partition coefficient (Wildman–Crippen LogP) is 1.24. The quantitative estimate of drug-likeness (QED) is 0.733. The molecule has 2 heterocycles. The summed E-state index contributed by atoms with van der Waals surface area (Å²) in [6, 6.07) is 6.38. The summed E-state index contributed by atoms with van der Waals surface area (Å²) in [4.78, 5) is 22.3. The second-order valence-electron chi connectivity index (χ2n) is 7.05. The highest BCUT2D eigenvalue weighted by Crippen LogP contribution is 2.33. The summed E-state index contributed by atoms with van der Waals surface area (Å²) in [6.07, 6.45) is 3.23. The number of imidazole rings is 1. The Labute approximate surface area is 158 Å². The van der Waals surface area contributed by atoms with Crippen molar-refractivity contribution in [2.24, 2.45) is 7.05 Å². The van der Waals surface area contributed by atoms with Crippen molar-refractivity contribution in [3.63, 3.8) is 0 Å². The van der Waals surface area contributed by atoms with Gasteiger partial charge in [-0.3, -0.25) is 14.9 Å². The number of amides is 1. The van der Waals surface area contributed by atoms with E-state index in [4.69, 9.17) is 9.57 Å². The summed E-state index contributed by atoms with van der Waals surface area (Å²) in [5.41, 5.74) is 7.14. The highest BCUT2D eigenvalue weighted by atomic mass is 16.7. The van der Waals surface area contributed by atoms with Gasteiger partial charge in [0.05, 0.1) is 18.8 Å². The highest BCUT2D eigenvalue weighted by molar-refractivity contribution is 5.92. The second-order valence-corrected chi connectivity index (χ2v) is 7.05. The fraction of sp³-hybridized carbons (Fsp3) is 0.474. The van der Waals surface area contributed by atoms with E-state index in [-0.39, 0.29) is 24.3 Å². The standard InChI is InChI=1S/C19H25N5O3/c1-11-20-9-16(24(11)2)19(25)21-15-7-5-12-8-13(4-6-14(12)15)18-22-17(10-26-3)27-23-18/h4,6,8-9,15,17-18,22-23H,5,7,10H2,1-3H3,(H,21,25)/t15-,17?,18?/m1/s1. The van der Waals surface area contributed by atoms with E-state index in [1.807, 2.05) is 18.5 Å². The van der Waals surface area contributed by atoms with Gasteiger partial charge in [-0.15, -0.1) is 0 Å². The number of fused-ring (bicyclic) bond motifs is 1. The van der Waals surface area contributed by atoms with E-state index in [1.165, 1.54) is 11.1 Å². The normalized spacial score (nSPS) is 24.2. The Balaban J connectivity index is 1.45. The van der Waals surface area contributed by atoms with Crippen molar-refractivity contribution in [1.82, 2.24) is 25.7 Å². The topological polar surface area (TPSA) is 89.4 Å². The fourth-order valence-corrected chi connectivity index (χ4v) is 3.71. The van der Waals surface area contributed by atoms with Crippen LogP contribution in [0.15, 0.2) is 24.4 Å². The molecule has 1 aliphatic carbocycles. The van der Waals surface area contributed by atoms with Crippen LogP contribution in [0.25, 0.3) is 0 Å². The number of methoxy groups -OCH3 is 1. The smallest absolute Gasteiger partial charge is 0.270 e. The van der Waals surface area contributed by atoms with Crippen LogP contribution >= 0.6 is 0 Å². The number of benzene rings is 1. The molecule has 3 atom stereocenters. The summed E-state index contributed by atoms with van der Waals surface area (Å²) in [7, 11) is 3.50. The van der Waals surface area contributed by atoms with Crippen molar-refractivity contribution in [1.29, 1.82) is 0 Å². The summed E-state index contributed by atoms with van der Waals surface area (Å²) < 4.78 is 6.92. The first-order valence-electron chi connectivity index (χ1n) is 9.15. The van der Waals surface area contributed by atoms with E-state index in [1.54, 1.807) is 13.3 Å². The molecule has 1 fully saturated rings. The molecule has 27 heavy (non-hydrogen) atoms. The van der Waals surface area contributed by atoms with Gasteiger partial charge in [0.25, 0.3) is 5.91 Å². The Morgan fingerprint density at radius 2 is 2.33 bits per heavy atom. The summed E-state index contributed by atoms with van der Waals surface area (Å²) >= 11 is 0. The lowest BCUT2D eigenvalue weighted by Crippen LogP contribution is -2.30. The Kier molecular flexibility index (Phi) is 4.96. The first-order valence-corrected chi connectivity index (χ1v) is 9.15. The van der Waals surface area contributed by atoms with Crippen molar-refractivity contribution >= 4 is 5.91 Å². The second kappa shape index (κ2) is 7.40. The highest BCUT2D eigenvalue weighted by Gasteiger charge is 2.29. The molecule has 8 nitrogen and oxygen atoms in total. The molecule has 8 heteroatoms. The zero-order valence-electron chi connectivity index (χ0n) is 15.8. The lowest BCUT2D eigenvalue weighted by molar-refractivity contribution is -0.0198. The van der Waals surface area contributed by atoms with Crippen LogP contribution in [0, 0.1) is 6.92 Å². The Morgan fingerprint density at radius 1 is 1.48 bits per heavy atom. The van der Waals surface area contributed by atoms with Gasteiger partial charge in [-0.1, -0.05) is 18.2 Å². The molecule has 3 N–H and O–H groups in total. The van der Waals surface area contributed by atoms with E-state index in [2.05, 4.69) is 39.3 Å². The largest absolute Gasteiger partial charge is 0.380 e. The van der Waals surface area contributed by atoms with Crippen molar-refractivity contribution in [2.75, 3.05) is 13.7 Å². The number of aromatic nitrogens is 2. The molecule has 144 valence electrons. The molecule has 0 bridgehead atoms. The molecule has 1 saturated heterocycles. The number of ether oxygens (including phenoxy) is 1. The molecular formula is C19H25N5O3. The third kappa shape index (κ3) is 3.49. The van der Waals surface area contributed by atoms with Gasteiger partial charge in [0.15, 0.2) is 6.23 Å². The fourth-order valence-electron chi connectivity index (χ4n) is 3.71. The van der Waals surface area contributed by atoms with E-state index in [0.29, 0.717) is 12.3 Å². The summed E-state index contributed by atoms with van der Waals surface area (Å²) in [5.74, 6) is 0.733. The Bertz CT molecular complexity index is 850. The van der Waals surface area contributed by atoms with E-state index in [9.17, 15) is 4.79 Å². The summed E-state index contributed by atoms with van der Waals surface area (Å²) in [5, 5.41) is 6.48. The molecule has 1 aromatic heterocycles. The average Bonchev–Trinajstić information content (AvgIpc) is 3.36. The Hall–Kier alpha value is -2.26. The average molecular weight is 371 g/mol. The molecule has 0 saturated carbocycles. The van der Waals surface area contributed by atoms with Gasteiger partial charge >= 0.3 is 0 Å². The molecular weight excluding hydrogens is 346 g/mol. The number of nitrogens with one attached hydrogen (secondary N) is 3. The SMILES string of the molecule is COCC1NC(c2ccc3c(c2)CC[C@H]3NC(=O)c2cnc(C)n2C)NO1. The van der Waals surface area contributed by atoms with Gasteiger partial charge in [-0.05, 0) is 36.5 Å². The number of hydroxylamine groups is 1. The third-order valence-corrected chi connectivity index (χ3v) is 5.34. The van der Waals surface area contributed by atoms with E-state index < -0.39 is 0 Å². The molecule has 2 unspecified atom stereocenters. The lowest BCUT2D eigenvalue weighted by atomic mass is 10.0.